The number of sulfonamides is 1. The molecule has 1 aliphatic carbocycles. The molecule has 0 unspecified atom stereocenters. The van der Waals surface area contributed by atoms with Crippen molar-refractivity contribution >= 4 is 38.6 Å². The summed E-state index contributed by atoms with van der Waals surface area (Å²) in [6.07, 6.45) is 4.18. The van der Waals surface area contributed by atoms with E-state index in [0.717, 1.165) is 43.8 Å². The minimum atomic E-state index is -3.92. The fourth-order valence-corrected chi connectivity index (χ4v) is 8.36. The number of carbonyl (C=O) groups is 1. The lowest BCUT2D eigenvalue weighted by molar-refractivity contribution is 0.111. The van der Waals surface area contributed by atoms with E-state index < -0.39 is 27.0 Å². The minimum absolute atomic E-state index is 0.0232. The Morgan fingerprint density at radius 2 is 1.86 bits per heavy atom. The molecule has 0 radical (unpaired) electrons. The number of hydrogen-bond donors (Lipinski definition) is 1. The fourth-order valence-electron chi connectivity index (χ4n) is 6.19. The number of likely N-dealkylation sites (tertiary alicyclic amines) is 1. The number of carbonyl (C=O) groups excluding carboxylic acids is 1. The highest BCUT2D eigenvalue weighted by atomic mass is 32.2. The topological polar surface area (TPSA) is 119 Å². The molecule has 0 spiro atoms. The van der Waals surface area contributed by atoms with Gasteiger partial charge < -0.3 is 19.6 Å². The Kier molecular flexibility index (Phi) is 8.30. The van der Waals surface area contributed by atoms with Crippen molar-refractivity contribution in [2.24, 2.45) is 0 Å². The van der Waals surface area contributed by atoms with Crippen molar-refractivity contribution in [2.45, 2.75) is 75.4 Å². The maximum absolute atomic E-state index is 13.6. The van der Waals surface area contributed by atoms with E-state index >= 15 is 0 Å². The van der Waals surface area contributed by atoms with Crippen LogP contribution in [0.5, 0.6) is 0 Å². The van der Waals surface area contributed by atoms with Crippen molar-refractivity contribution in [3.8, 4) is 10.8 Å². The third-order valence-corrected chi connectivity index (χ3v) is 11.4. The van der Waals surface area contributed by atoms with E-state index in [1.807, 2.05) is 32.7 Å². The number of pyridine rings is 1. The number of nitrogens with zero attached hydrogens (tertiary/aromatic N) is 8. The van der Waals surface area contributed by atoms with Crippen LogP contribution in [0.2, 0.25) is 0 Å². The standard InChI is InChI=1S/C28H39F2N9O3S2/c1-18-15-37(16-19(2)39(18)27(40)35(4)11-12-36-9-5-6-10-36)21-13-20(44(41,42)34-28(3)7-8-28)17-38-22(21)14-31-24(38)26-33-32-25(43-26)23(29)30/h13-14,17-19,23,34H,5-12,15-16H2,1-4H3/t18-,19-/m0/s1. The van der Waals surface area contributed by atoms with E-state index in [1.54, 1.807) is 21.6 Å². The number of alkyl halides is 2. The highest BCUT2D eigenvalue weighted by Gasteiger charge is 2.42. The summed E-state index contributed by atoms with van der Waals surface area (Å²) in [5.41, 5.74) is 0.735. The summed E-state index contributed by atoms with van der Waals surface area (Å²) in [6, 6.07) is 1.29. The van der Waals surface area contributed by atoms with Crippen LogP contribution >= 0.6 is 11.3 Å². The average molecular weight is 652 g/mol. The van der Waals surface area contributed by atoms with Gasteiger partial charge in [0.15, 0.2) is 15.8 Å². The van der Waals surface area contributed by atoms with Gasteiger partial charge in [0, 0.05) is 57.0 Å². The Labute approximate surface area is 260 Å². The van der Waals surface area contributed by atoms with Crippen LogP contribution in [0.15, 0.2) is 23.4 Å². The van der Waals surface area contributed by atoms with Gasteiger partial charge in [0.25, 0.3) is 6.43 Å². The van der Waals surface area contributed by atoms with Gasteiger partial charge in [-0.3, -0.25) is 4.40 Å². The van der Waals surface area contributed by atoms with Gasteiger partial charge in [0.1, 0.15) is 4.90 Å². The summed E-state index contributed by atoms with van der Waals surface area (Å²) in [5.74, 6) is 0.231. The SMILES string of the molecule is C[C@H]1CN(c2cc(S(=O)(=O)NC3(C)CC3)cn3c(-c4nnc(C(F)F)s4)ncc23)C[C@H](C)N1C(=O)N(C)CCN1CCCC1. The number of halogens is 2. The van der Waals surface area contributed by atoms with Crippen LogP contribution in [-0.2, 0) is 10.0 Å². The number of rotatable bonds is 9. The van der Waals surface area contributed by atoms with E-state index in [4.69, 9.17) is 0 Å². The van der Waals surface area contributed by atoms with Gasteiger partial charge in [0.05, 0.1) is 17.4 Å². The summed E-state index contributed by atoms with van der Waals surface area (Å²) in [6.45, 7) is 10.5. The second-order valence-electron chi connectivity index (χ2n) is 12.6. The molecule has 0 bridgehead atoms. The van der Waals surface area contributed by atoms with Crippen molar-refractivity contribution in [3.05, 3.63) is 23.5 Å². The van der Waals surface area contributed by atoms with Gasteiger partial charge in [-0.25, -0.2) is 31.7 Å². The molecule has 3 aliphatic rings. The first kappa shape index (κ1) is 31.0. The Bertz CT molecular complexity index is 1620. The number of hydrogen-bond acceptors (Lipinski definition) is 9. The maximum atomic E-state index is 13.6. The largest absolute Gasteiger partial charge is 0.366 e. The summed E-state index contributed by atoms with van der Waals surface area (Å²) in [4.78, 5) is 26.2. The molecule has 240 valence electrons. The van der Waals surface area contributed by atoms with Crippen molar-refractivity contribution in [1.82, 2.24) is 39.0 Å². The summed E-state index contributed by atoms with van der Waals surface area (Å²) in [5, 5.41) is 7.24. The van der Waals surface area contributed by atoms with E-state index in [1.165, 1.54) is 19.0 Å². The minimum Gasteiger partial charge on any atom is -0.366 e. The number of aromatic nitrogens is 4. The lowest BCUT2D eigenvalue weighted by Crippen LogP contribution is -2.61. The van der Waals surface area contributed by atoms with Crippen molar-refractivity contribution in [2.75, 3.05) is 51.2 Å². The number of piperazine rings is 1. The molecule has 16 heteroatoms. The summed E-state index contributed by atoms with van der Waals surface area (Å²) in [7, 11) is -2.08. The smallest absolute Gasteiger partial charge is 0.320 e. The quantitative estimate of drug-likeness (QED) is 0.373. The molecule has 3 aromatic rings. The molecule has 12 nitrogen and oxygen atoms in total. The Hall–Kier alpha value is -2.95. The van der Waals surface area contributed by atoms with Gasteiger partial charge in [-0.2, -0.15) is 0 Å². The van der Waals surface area contributed by atoms with Crippen LogP contribution < -0.4 is 9.62 Å². The van der Waals surface area contributed by atoms with Crippen LogP contribution in [0.3, 0.4) is 0 Å². The first-order valence-corrected chi connectivity index (χ1v) is 17.3. The van der Waals surface area contributed by atoms with Gasteiger partial charge >= 0.3 is 6.03 Å². The predicted octanol–water partition coefficient (Wildman–Crippen LogP) is 3.67. The Morgan fingerprint density at radius 1 is 1.18 bits per heavy atom. The highest BCUT2D eigenvalue weighted by molar-refractivity contribution is 7.89. The molecule has 6 rings (SSSR count). The molecule has 2 atom stereocenters. The van der Waals surface area contributed by atoms with Gasteiger partial charge in [0.2, 0.25) is 10.0 Å². The molecular weight excluding hydrogens is 612 g/mol. The molecule has 0 aromatic carbocycles. The first-order valence-electron chi connectivity index (χ1n) is 15.0. The van der Waals surface area contributed by atoms with Crippen LogP contribution in [0.25, 0.3) is 16.3 Å². The van der Waals surface area contributed by atoms with Crippen LogP contribution in [0.4, 0.5) is 19.3 Å². The third kappa shape index (κ3) is 6.13. The lowest BCUT2D eigenvalue weighted by Gasteiger charge is -2.46. The Morgan fingerprint density at radius 3 is 2.48 bits per heavy atom. The number of likely N-dealkylation sites (N-methyl/N-ethyl adjacent to an activating group) is 1. The second kappa shape index (κ2) is 11.8. The van der Waals surface area contributed by atoms with E-state index in [2.05, 4.69) is 29.7 Å². The van der Waals surface area contributed by atoms with Crippen LogP contribution in [0.1, 0.15) is 57.9 Å². The second-order valence-corrected chi connectivity index (χ2v) is 15.3. The van der Waals surface area contributed by atoms with Crippen molar-refractivity contribution in [1.29, 1.82) is 0 Å². The number of imidazole rings is 1. The van der Waals surface area contributed by atoms with Gasteiger partial charge in [-0.05, 0) is 65.6 Å². The molecule has 5 heterocycles. The fraction of sp³-hybridized carbons (Fsp3) is 0.643. The number of urea groups is 1. The zero-order chi connectivity index (χ0) is 31.4. The molecule has 1 saturated carbocycles. The zero-order valence-corrected chi connectivity index (χ0v) is 27.0. The Balaban J connectivity index is 1.31. The number of fused-ring (bicyclic) bond motifs is 1. The van der Waals surface area contributed by atoms with E-state index in [-0.39, 0.29) is 33.8 Å². The zero-order valence-electron chi connectivity index (χ0n) is 25.4. The first-order chi connectivity index (χ1) is 20.8. The molecule has 1 N–H and O–H groups in total. The lowest BCUT2D eigenvalue weighted by atomic mass is 10.1. The third-order valence-electron chi connectivity index (χ3n) is 8.86. The molecule has 44 heavy (non-hydrogen) atoms. The summed E-state index contributed by atoms with van der Waals surface area (Å²) >= 11 is 0.721. The predicted molar refractivity (Wildman–Crippen MR) is 164 cm³/mol. The summed E-state index contributed by atoms with van der Waals surface area (Å²) < 4.78 is 58.2. The van der Waals surface area contributed by atoms with Crippen molar-refractivity contribution < 1.29 is 22.0 Å². The number of anilines is 1. The van der Waals surface area contributed by atoms with Crippen LogP contribution in [-0.4, -0.2) is 113 Å². The van der Waals surface area contributed by atoms with Gasteiger partial charge in [-0.1, -0.05) is 11.3 Å². The molecule has 2 saturated heterocycles. The number of amides is 2. The van der Waals surface area contributed by atoms with Crippen LogP contribution in [0, 0.1) is 0 Å². The average Bonchev–Trinajstić information content (AvgIpc) is 3.43. The number of nitrogens with one attached hydrogen (secondary N) is 1. The molecule has 3 fully saturated rings. The normalized spacial score (nSPS) is 22.3. The highest BCUT2D eigenvalue weighted by Crippen LogP contribution is 2.38. The van der Waals surface area contributed by atoms with Crippen molar-refractivity contribution in [3.63, 3.8) is 0 Å². The maximum Gasteiger partial charge on any atom is 0.320 e. The van der Waals surface area contributed by atoms with Gasteiger partial charge in [-0.15, -0.1) is 10.2 Å². The molecule has 2 amide bonds. The van der Waals surface area contributed by atoms with E-state index in [9.17, 15) is 22.0 Å². The molecular formula is C28H39F2N9O3S2. The monoisotopic (exact) mass is 651 g/mol. The van der Waals surface area contributed by atoms with E-state index in [0.29, 0.717) is 30.8 Å². The molecule has 3 aromatic heterocycles. The molecule has 2 aliphatic heterocycles.